The zero-order valence-corrected chi connectivity index (χ0v) is 7.72. The second-order valence-corrected chi connectivity index (χ2v) is 3.43. The molecule has 0 aliphatic heterocycles. The van der Waals surface area contributed by atoms with Gasteiger partial charge in [0.2, 0.25) is 0 Å². The highest BCUT2D eigenvalue weighted by Crippen LogP contribution is 2.34. The summed E-state index contributed by atoms with van der Waals surface area (Å²) in [5.41, 5.74) is -0.499. The van der Waals surface area contributed by atoms with E-state index in [0.717, 1.165) is 0 Å². The molecule has 1 atom stereocenters. The number of aliphatic hydroxyl groups is 1. The van der Waals surface area contributed by atoms with Gasteiger partial charge in [-0.05, 0) is 12.1 Å². The van der Waals surface area contributed by atoms with Crippen molar-refractivity contribution >= 4 is 0 Å². The first-order valence-corrected chi connectivity index (χ1v) is 4.58. The average Bonchev–Trinajstić information content (AvgIpc) is 2.19. The molecule has 2 N–H and O–H groups in total. The molecule has 72 valence electrons. The fraction of sp³-hybridized carbons (Fsp3) is 0.167. The first-order valence-electron chi connectivity index (χ1n) is 4.58. The van der Waals surface area contributed by atoms with E-state index in [4.69, 9.17) is 0 Å². The van der Waals surface area contributed by atoms with Gasteiger partial charge in [0, 0.05) is 12.0 Å². The number of hydrogen-bond acceptors (Lipinski definition) is 2. The minimum atomic E-state index is -1.06. The van der Waals surface area contributed by atoms with Crippen molar-refractivity contribution in [3.8, 4) is 5.75 Å². The van der Waals surface area contributed by atoms with E-state index in [1.165, 1.54) is 0 Å². The predicted octanol–water partition coefficient (Wildman–Crippen LogP) is 2.10. The number of benzene rings is 1. The Morgan fingerprint density at radius 2 is 1.93 bits per heavy atom. The quantitative estimate of drug-likeness (QED) is 0.708. The molecule has 2 rings (SSSR count). The summed E-state index contributed by atoms with van der Waals surface area (Å²) in [5, 5.41) is 19.8. The zero-order chi connectivity index (χ0) is 10.0. The third-order valence-corrected chi connectivity index (χ3v) is 2.42. The van der Waals surface area contributed by atoms with Gasteiger partial charge < -0.3 is 10.2 Å². The maximum Gasteiger partial charge on any atom is 0.122 e. The molecule has 0 amide bonds. The fourth-order valence-electron chi connectivity index (χ4n) is 1.65. The van der Waals surface area contributed by atoms with Gasteiger partial charge in [-0.15, -0.1) is 0 Å². The summed E-state index contributed by atoms with van der Waals surface area (Å²) >= 11 is 0. The molecule has 1 aliphatic rings. The van der Waals surface area contributed by atoms with E-state index in [1.54, 1.807) is 36.4 Å². The maximum absolute atomic E-state index is 10.2. The molecular weight excluding hydrogens is 176 g/mol. The van der Waals surface area contributed by atoms with Gasteiger partial charge in [0.25, 0.3) is 0 Å². The molecular formula is C12H12O2. The van der Waals surface area contributed by atoms with Crippen LogP contribution in [0.15, 0.2) is 48.6 Å². The van der Waals surface area contributed by atoms with Crippen LogP contribution in [0.3, 0.4) is 0 Å². The van der Waals surface area contributed by atoms with Gasteiger partial charge in [0.15, 0.2) is 0 Å². The van der Waals surface area contributed by atoms with Gasteiger partial charge in [-0.3, -0.25) is 0 Å². The smallest absolute Gasteiger partial charge is 0.122 e. The summed E-state index contributed by atoms with van der Waals surface area (Å²) in [6.07, 6.45) is 7.75. The standard InChI is InChI=1S/C12H12O2/c13-11-7-3-2-6-10(11)12(14)8-4-1-5-9-12/h1-8,13-14H,9H2/t12-/m1/s1. The Labute approximate surface area is 82.8 Å². The van der Waals surface area contributed by atoms with Gasteiger partial charge in [-0.2, -0.15) is 0 Å². The second-order valence-electron chi connectivity index (χ2n) is 3.43. The van der Waals surface area contributed by atoms with Crippen molar-refractivity contribution in [1.82, 2.24) is 0 Å². The highest BCUT2D eigenvalue weighted by molar-refractivity contribution is 5.41. The number of para-hydroxylation sites is 1. The molecule has 0 heterocycles. The second kappa shape index (κ2) is 3.31. The molecule has 0 bridgehead atoms. The lowest BCUT2D eigenvalue weighted by Crippen LogP contribution is -2.23. The zero-order valence-electron chi connectivity index (χ0n) is 7.72. The normalized spacial score (nSPS) is 25.2. The Morgan fingerprint density at radius 3 is 2.57 bits per heavy atom. The van der Waals surface area contributed by atoms with Gasteiger partial charge in [-0.25, -0.2) is 0 Å². The lowest BCUT2D eigenvalue weighted by Gasteiger charge is -2.26. The minimum Gasteiger partial charge on any atom is -0.508 e. The highest BCUT2D eigenvalue weighted by atomic mass is 16.3. The predicted molar refractivity (Wildman–Crippen MR) is 54.9 cm³/mol. The summed E-state index contributed by atoms with van der Waals surface area (Å²) in [5.74, 6) is 0.134. The van der Waals surface area contributed by atoms with Crippen LogP contribution < -0.4 is 0 Å². The minimum absolute atomic E-state index is 0.134. The molecule has 1 aliphatic carbocycles. The lowest BCUT2D eigenvalue weighted by molar-refractivity contribution is 0.0887. The van der Waals surface area contributed by atoms with Crippen molar-refractivity contribution in [3.63, 3.8) is 0 Å². The van der Waals surface area contributed by atoms with Crippen LogP contribution >= 0.6 is 0 Å². The number of phenolic OH excluding ortho intramolecular Hbond substituents is 1. The molecule has 1 aromatic carbocycles. The average molecular weight is 188 g/mol. The van der Waals surface area contributed by atoms with Crippen molar-refractivity contribution < 1.29 is 10.2 Å². The third-order valence-electron chi connectivity index (χ3n) is 2.42. The molecule has 0 unspecified atom stereocenters. The van der Waals surface area contributed by atoms with E-state index in [0.29, 0.717) is 12.0 Å². The van der Waals surface area contributed by atoms with Crippen LogP contribution in [0.5, 0.6) is 5.75 Å². The van der Waals surface area contributed by atoms with Crippen LogP contribution in [0.4, 0.5) is 0 Å². The molecule has 2 heteroatoms. The molecule has 1 aromatic rings. The summed E-state index contributed by atoms with van der Waals surface area (Å²) < 4.78 is 0. The van der Waals surface area contributed by atoms with Crippen molar-refractivity contribution in [2.24, 2.45) is 0 Å². The molecule has 14 heavy (non-hydrogen) atoms. The Balaban J connectivity index is 2.44. The topological polar surface area (TPSA) is 40.5 Å². The van der Waals surface area contributed by atoms with Crippen molar-refractivity contribution in [2.75, 3.05) is 0 Å². The molecule has 0 aromatic heterocycles. The van der Waals surface area contributed by atoms with Crippen LogP contribution in [0.1, 0.15) is 12.0 Å². The first-order chi connectivity index (χ1) is 6.72. The Kier molecular flexibility index (Phi) is 2.14. The number of aromatic hydroxyl groups is 1. The fourth-order valence-corrected chi connectivity index (χ4v) is 1.65. The number of allylic oxidation sites excluding steroid dienone is 2. The lowest BCUT2D eigenvalue weighted by atomic mass is 9.87. The van der Waals surface area contributed by atoms with Gasteiger partial charge in [0.1, 0.15) is 11.4 Å². The van der Waals surface area contributed by atoms with Crippen LogP contribution in [0, 0.1) is 0 Å². The van der Waals surface area contributed by atoms with Crippen molar-refractivity contribution in [2.45, 2.75) is 12.0 Å². The molecule has 0 fully saturated rings. The van der Waals surface area contributed by atoms with Gasteiger partial charge in [-0.1, -0.05) is 36.4 Å². The Hall–Kier alpha value is -1.54. The molecule has 0 saturated carbocycles. The molecule has 0 spiro atoms. The summed E-state index contributed by atoms with van der Waals surface area (Å²) in [4.78, 5) is 0. The van der Waals surface area contributed by atoms with E-state index in [-0.39, 0.29) is 5.75 Å². The van der Waals surface area contributed by atoms with Crippen LogP contribution in [-0.4, -0.2) is 10.2 Å². The third kappa shape index (κ3) is 1.44. The van der Waals surface area contributed by atoms with Crippen molar-refractivity contribution in [1.29, 1.82) is 0 Å². The monoisotopic (exact) mass is 188 g/mol. The van der Waals surface area contributed by atoms with Crippen LogP contribution in [-0.2, 0) is 5.60 Å². The van der Waals surface area contributed by atoms with E-state index < -0.39 is 5.60 Å². The summed E-state index contributed by atoms with van der Waals surface area (Å²) in [6, 6.07) is 6.86. The molecule has 0 radical (unpaired) electrons. The van der Waals surface area contributed by atoms with Crippen LogP contribution in [0.25, 0.3) is 0 Å². The maximum atomic E-state index is 10.2. The molecule has 2 nitrogen and oxygen atoms in total. The largest absolute Gasteiger partial charge is 0.508 e. The van der Waals surface area contributed by atoms with E-state index >= 15 is 0 Å². The first kappa shape index (κ1) is 9.03. The number of phenols is 1. The van der Waals surface area contributed by atoms with Gasteiger partial charge in [0.05, 0.1) is 0 Å². The van der Waals surface area contributed by atoms with E-state index in [9.17, 15) is 10.2 Å². The summed E-state index contributed by atoms with van der Waals surface area (Å²) in [6.45, 7) is 0. The highest BCUT2D eigenvalue weighted by Gasteiger charge is 2.28. The number of rotatable bonds is 1. The van der Waals surface area contributed by atoms with Crippen LogP contribution in [0.2, 0.25) is 0 Å². The van der Waals surface area contributed by atoms with Crippen molar-refractivity contribution in [3.05, 3.63) is 54.1 Å². The SMILES string of the molecule is Oc1ccccc1[C@@]1(O)C=CC=CC1. The molecule has 0 saturated heterocycles. The Morgan fingerprint density at radius 1 is 1.14 bits per heavy atom. The van der Waals surface area contributed by atoms with Gasteiger partial charge >= 0.3 is 0 Å². The van der Waals surface area contributed by atoms with E-state index in [1.807, 2.05) is 12.2 Å². The Bertz CT molecular complexity index is 393. The van der Waals surface area contributed by atoms with E-state index in [2.05, 4.69) is 0 Å². The number of hydrogen-bond donors (Lipinski definition) is 2. The summed E-state index contributed by atoms with van der Waals surface area (Å²) in [7, 11) is 0.